The van der Waals surface area contributed by atoms with Gasteiger partial charge in [0.25, 0.3) is 0 Å². The second kappa shape index (κ2) is 10.9. The number of hydrogen-bond acceptors (Lipinski definition) is 10. The van der Waals surface area contributed by atoms with E-state index >= 15 is 0 Å². The summed E-state index contributed by atoms with van der Waals surface area (Å²) in [5, 5.41) is 91.1. The van der Waals surface area contributed by atoms with Crippen molar-refractivity contribution in [3.05, 3.63) is 71.8 Å². The average Bonchev–Trinajstić information content (AvgIpc) is 2.93. The number of hydrogen-bond donors (Lipinski definition) is 10. The Morgan fingerprint density at radius 2 is 0.833 bits per heavy atom. The molecule has 0 saturated carbocycles. The molecule has 0 aliphatic carbocycles. The number of aromatic hydroxyl groups is 8. The maximum atomic E-state index is 11.5. The van der Waals surface area contributed by atoms with Gasteiger partial charge in [-0.05, 0) is 98.5 Å². The van der Waals surface area contributed by atoms with E-state index in [0.717, 1.165) is 0 Å². The highest BCUT2D eigenvalue weighted by molar-refractivity contribution is 6.21. The molecule has 0 aromatic heterocycles. The van der Waals surface area contributed by atoms with Gasteiger partial charge in [-0.1, -0.05) is 0 Å². The number of benzene rings is 5. The van der Waals surface area contributed by atoms with E-state index in [-0.39, 0.29) is 79.6 Å². The molecule has 0 saturated heterocycles. The Labute approximate surface area is 241 Å². The molecule has 2 atom stereocenters. The lowest BCUT2D eigenvalue weighted by Crippen LogP contribution is -2.18. The largest absolute Gasteiger partial charge is 0.508 e. The second-order valence-electron chi connectivity index (χ2n) is 10.6. The molecule has 0 fully saturated rings. The third-order valence-corrected chi connectivity index (χ3v) is 7.30. The zero-order chi connectivity index (χ0) is 30.3. The molecular formula is C32H32N2O8. The maximum Gasteiger partial charge on any atom is 0.137 e. The van der Waals surface area contributed by atoms with Crippen molar-refractivity contribution >= 4 is 32.9 Å². The molecule has 0 radical (unpaired) electrons. The van der Waals surface area contributed by atoms with Crippen LogP contribution in [0.5, 0.6) is 46.0 Å². The van der Waals surface area contributed by atoms with Crippen LogP contribution in [0.1, 0.15) is 25.0 Å². The standard InChI is InChI=1S/C32H32N2O8/c1-15(11-17-13-19(35)3-7-23(17)37)33-21-5-9-25(39)29-27(21)31(41)30-26(40)10-6-22(28(30)32(29)42)34-16(2)12-18-14-20(36)4-8-24(18)38/h3-10,13-16,33-42H,11-12H2,1-2H3. The maximum absolute atomic E-state index is 11.5. The molecule has 0 aliphatic rings. The summed E-state index contributed by atoms with van der Waals surface area (Å²) in [4.78, 5) is 0. The zero-order valence-corrected chi connectivity index (χ0v) is 22.9. The van der Waals surface area contributed by atoms with Gasteiger partial charge in [0.2, 0.25) is 0 Å². The molecule has 0 aliphatic heterocycles. The van der Waals surface area contributed by atoms with E-state index in [2.05, 4.69) is 10.6 Å². The van der Waals surface area contributed by atoms with Crippen molar-refractivity contribution in [2.75, 3.05) is 10.6 Å². The van der Waals surface area contributed by atoms with Crippen molar-refractivity contribution < 1.29 is 40.9 Å². The van der Waals surface area contributed by atoms with Crippen molar-refractivity contribution in [3.8, 4) is 46.0 Å². The Balaban J connectivity index is 1.56. The number of nitrogens with one attached hydrogen (secondary N) is 2. The summed E-state index contributed by atoms with van der Waals surface area (Å²) < 4.78 is 0. The van der Waals surface area contributed by atoms with Gasteiger partial charge < -0.3 is 51.5 Å². The topological polar surface area (TPSA) is 186 Å². The Bertz CT molecular complexity index is 1690. The fourth-order valence-electron chi connectivity index (χ4n) is 5.41. The molecule has 10 heteroatoms. The van der Waals surface area contributed by atoms with Crippen LogP contribution in [0.25, 0.3) is 21.5 Å². The third kappa shape index (κ3) is 5.22. The first-order valence-electron chi connectivity index (χ1n) is 13.3. The summed E-state index contributed by atoms with van der Waals surface area (Å²) in [6.07, 6.45) is 0.601. The van der Waals surface area contributed by atoms with Gasteiger partial charge in [0, 0.05) is 23.5 Å². The normalized spacial score (nSPS) is 12.8. The van der Waals surface area contributed by atoms with Crippen LogP contribution in [0.3, 0.4) is 0 Å². The van der Waals surface area contributed by atoms with Crippen molar-refractivity contribution in [1.29, 1.82) is 0 Å². The van der Waals surface area contributed by atoms with E-state index < -0.39 is 0 Å². The Kier molecular flexibility index (Phi) is 7.30. The van der Waals surface area contributed by atoms with Crippen LogP contribution >= 0.6 is 0 Å². The molecule has 2 unspecified atom stereocenters. The van der Waals surface area contributed by atoms with Crippen molar-refractivity contribution in [1.82, 2.24) is 0 Å². The van der Waals surface area contributed by atoms with Crippen LogP contribution < -0.4 is 10.6 Å². The van der Waals surface area contributed by atoms with Gasteiger partial charge in [-0.3, -0.25) is 0 Å². The fraction of sp³-hybridized carbons (Fsp3) is 0.188. The molecule has 0 spiro atoms. The first-order valence-corrected chi connectivity index (χ1v) is 13.3. The van der Waals surface area contributed by atoms with E-state index in [1.165, 1.54) is 60.7 Å². The van der Waals surface area contributed by atoms with Crippen molar-refractivity contribution in [3.63, 3.8) is 0 Å². The highest BCUT2D eigenvalue weighted by Gasteiger charge is 2.24. The molecule has 10 nitrogen and oxygen atoms in total. The summed E-state index contributed by atoms with van der Waals surface area (Å²) in [5.74, 6) is -1.29. The molecule has 42 heavy (non-hydrogen) atoms. The lowest BCUT2D eigenvalue weighted by atomic mass is 9.96. The smallest absolute Gasteiger partial charge is 0.137 e. The Morgan fingerprint density at radius 1 is 0.476 bits per heavy atom. The summed E-state index contributed by atoms with van der Waals surface area (Å²) in [6, 6.07) is 13.6. The van der Waals surface area contributed by atoms with Gasteiger partial charge in [-0.15, -0.1) is 0 Å². The van der Waals surface area contributed by atoms with Crippen LogP contribution in [0.4, 0.5) is 11.4 Å². The summed E-state index contributed by atoms with van der Waals surface area (Å²) >= 11 is 0. The van der Waals surface area contributed by atoms with Crippen molar-refractivity contribution in [2.24, 2.45) is 0 Å². The van der Waals surface area contributed by atoms with Gasteiger partial charge in [0.1, 0.15) is 46.0 Å². The van der Waals surface area contributed by atoms with Gasteiger partial charge in [0.15, 0.2) is 0 Å². The Hall–Kier alpha value is -5.38. The van der Waals surface area contributed by atoms with E-state index in [4.69, 9.17) is 0 Å². The average molecular weight is 573 g/mol. The van der Waals surface area contributed by atoms with E-state index in [0.29, 0.717) is 35.3 Å². The SMILES string of the molecule is CC(Cc1cc(O)ccc1O)Nc1ccc(O)c2c(O)c3c(NC(C)Cc4cc(O)ccc4O)ccc(O)c3c(O)c12. The predicted molar refractivity (Wildman–Crippen MR) is 161 cm³/mol. The van der Waals surface area contributed by atoms with Crippen LogP contribution in [0.2, 0.25) is 0 Å². The van der Waals surface area contributed by atoms with Gasteiger partial charge >= 0.3 is 0 Å². The first kappa shape index (κ1) is 28.2. The van der Waals surface area contributed by atoms with Gasteiger partial charge in [-0.25, -0.2) is 0 Å². The number of rotatable bonds is 8. The van der Waals surface area contributed by atoms with Crippen LogP contribution in [0, 0.1) is 0 Å². The van der Waals surface area contributed by atoms with Crippen molar-refractivity contribution in [2.45, 2.75) is 38.8 Å². The fourth-order valence-corrected chi connectivity index (χ4v) is 5.41. The minimum atomic E-state index is -0.372. The summed E-state index contributed by atoms with van der Waals surface area (Å²) in [6.45, 7) is 3.65. The summed E-state index contributed by atoms with van der Waals surface area (Å²) in [5.41, 5.74) is 1.71. The molecule has 0 bridgehead atoms. The van der Waals surface area contributed by atoms with Crippen LogP contribution in [0.15, 0.2) is 60.7 Å². The molecule has 0 heterocycles. The molecule has 218 valence electrons. The first-order chi connectivity index (χ1) is 19.9. The lowest BCUT2D eigenvalue weighted by Gasteiger charge is -2.22. The number of phenols is 8. The number of fused-ring (bicyclic) bond motifs is 2. The molecule has 5 rings (SSSR count). The third-order valence-electron chi connectivity index (χ3n) is 7.30. The molecule has 5 aromatic rings. The number of phenolic OH excluding ortho intramolecular Hbond substituents is 8. The molecule has 0 amide bonds. The van der Waals surface area contributed by atoms with E-state index in [1.54, 1.807) is 0 Å². The quantitative estimate of drug-likeness (QED) is 0.0814. The predicted octanol–water partition coefficient (Wildman–Crippen LogP) is 5.72. The molecular weight excluding hydrogens is 540 g/mol. The zero-order valence-electron chi connectivity index (χ0n) is 22.9. The molecule has 10 N–H and O–H groups in total. The lowest BCUT2D eigenvalue weighted by molar-refractivity contribution is 0.452. The van der Waals surface area contributed by atoms with E-state index in [1.807, 2.05) is 13.8 Å². The summed E-state index contributed by atoms with van der Waals surface area (Å²) in [7, 11) is 0. The highest BCUT2D eigenvalue weighted by atomic mass is 16.3. The second-order valence-corrected chi connectivity index (χ2v) is 10.6. The van der Waals surface area contributed by atoms with Crippen LogP contribution in [-0.2, 0) is 12.8 Å². The Morgan fingerprint density at radius 3 is 1.21 bits per heavy atom. The van der Waals surface area contributed by atoms with Gasteiger partial charge in [0.05, 0.1) is 21.5 Å². The van der Waals surface area contributed by atoms with Gasteiger partial charge in [-0.2, -0.15) is 0 Å². The van der Waals surface area contributed by atoms with E-state index in [9.17, 15) is 40.9 Å². The number of anilines is 2. The highest BCUT2D eigenvalue weighted by Crippen LogP contribution is 2.52. The minimum absolute atomic E-state index is 0.00652. The monoisotopic (exact) mass is 572 g/mol. The van der Waals surface area contributed by atoms with Crippen LogP contribution in [-0.4, -0.2) is 52.9 Å². The molecule has 5 aromatic carbocycles. The minimum Gasteiger partial charge on any atom is -0.508 e.